The molecule has 1 aliphatic rings. The fourth-order valence-corrected chi connectivity index (χ4v) is 3.23. The van der Waals surface area contributed by atoms with Gasteiger partial charge in [0.1, 0.15) is 12.0 Å². The number of nitrogens with one attached hydrogen (secondary N) is 2. The van der Waals surface area contributed by atoms with E-state index in [-0.39, 0.29) is 17.2 Å². The summed E-state index contributed by atoms with van der Waals surface area (Å²) in [6, 6.07) is 8.06. The first-order valence-electron chi connectivity index (χ1n) is 9.26. The van der Waals surface area contributed by atoms with E-state index in [1.54, 1.807) is 37.4 Å². The number of hydrogen-bond donors (Lipinski definition) is 3. The third kappa shape index (κ3) is 4.01. The number of hydrogen-bond acceptors (Lipinski definition) is 6. The van der Waals surface area contributed by atoms with Gasteiger partial charge < -0.3 is 25.2 Å². The van der Waals surface area contributed by atoms with Crippen LogP contribution in [0, 0.1) is 0 Å². The summed E-state index contributed by atoms with van der Waals surface area (Å²) in [7, 11) is 1.55. The van der Waals surface area contributed by atoms with Gasteiger partial charge in [0.2, 0.25) is 5.91 Å². The molecule has 8 heteroatoms. The maximum absolute atomic E-state index is 12.5. The van der Waals surface area contributed by atoms with Crippen molar-refractivity contribution < 1.29 is 19.2 Å². The summed E-state index contributed by atoms with van der Waals surface area (Å²) < 4.78 is 5.33. The number of carbonyl (C=O) groups is 2. The third-order valence-corrected chi connectivity index (χ3v) is 4.78. The first-order valence-corrected chi connectivity index (χ1v) is 9.26. The summed E-state index contributed by atoms with van der Waals surface area (Å²) in [6.45, 7) is 6.01. The van der Waals surface area contributed by atoms with Gasteiger partial charge in [-0.05, 0) is 24.6 Å². The van der Waals surface area contributed by atoms with Crippen molar-refractivity contribution in [2.24, 2.45) is 0 Å². The molecule has 0 radical (unpaired) electrons. The lowest BCUT2D eigenvalue weighted by Crippen LogP contribution is -2.45. The van der Waals surface area contributed by atoms with Crippen molar-refractivity contribution in [3.63, 3.8) is 0 Å². The third-order valence-electron chi connectivity index (χ3n) is 4.78. The highest BCUT2D eigenvalue weighted by Gasteiger charge is 2.37. The van der Waals surface area contributed by atoms with E-state index >= 15 is 0 Å². The van der Waals surface area contributed by atoms with Crippen LogP contribution < -0.4 is 15.5 Å². The molecule has 2 atom stereocenters. The molecule has 1 aliphatic heterocycles. The molecule has 1 unspecified atom stereocenters. The van der Waals surface area contributed by atoms with Crippen LogP contribution in [-0.4, -0.2) is 41.4 Å². The Hall–Kier alpha value is -2.87. The van der Waals surface area contributed by atoms with Gasteiger partial charge in [-0.2, -0.15) is 0 Å². The predicted molar refractivity (Wildman–Crippen MR) is 105 cm³/mol. The summed E-state index contributed by atoms with van der Waals surface area (Å²) >= 11 is 0. The van der Waals surface area contributed by atoms with Crippen LogP contribution in [0.25, 0.3) is 0 Å². The fraction of sp³-hybridized carbons (Fsp3) is 0.450. The van der Waals surface area contributed by atoms with Crippen molar-refractivity contribution in [3.8, 4) is 0 Å². The van der Waals surface area contributed by atoms with Gasteiger partial charge in [0.05, 0.1) is 6.04 Å². The van der Waals surface area contributed by atoms with Crippen LogP contribution in [0.5, 0.6) is 0 Å². The lowest BCUT2D eigenvalue weighted by Gasteiger charge is -2.29. The topological polar surface area (TPSA) is 108 Å². The molecule has 1 saturated heterocycles. The highest BCUT2D eigenvalue weighted by molar-refractivity contribution is 5.99. The Morgan fingerprint density at radius 3 is 2.75 bits per heavy atom. The smallest absolute Gasteiger partial charge is 0.251 e. The van der Waals surface area contributed by atoms with Crippen molar-refractivity contribution in [2.75, 3.05) is 17.3 Å². The quantitative estimate of drug-likeness (QED) is 0.681. The molecule has 28 heavy (non-hydrogen) atoms. The minimum absolute atomic E-state index is 0.101. The Bertz CT molecular complexity index is 871. The standard InChI is InChI=1S/C20H26N4O4/c1-20(2,3)15-11-16(23-28-15)22-19(27)14-8-9-17(25)24(14)13-7-5-6-12(10-13)18(26)21-4/h5-7,10-11,14,19,27H,8-9H2,1-4H3,(H,21,26)(H,22,23)/t14-,19?/m0/s1. The average molecular weight is 386 g/mol. The van der Waals surface area contributed by atoms with Crippen molar-refractivity contribution in [1.29, 1.82) is 0 Å². The van der Waals surface area contributed by atoms with Crippen LogP contribution in [-0.2, 0) is 10.2 Å². The second-order valence-corrected chi connectivity index (χ2v) is 7.91. The molecule has 1 aromatic carbocycles. The van der Waals surface area contributed by atoms with Gasteiger partial charge >= 0.3 is 0 Å². The Morgan fingerprint density at radius 1 is 1.36 bits per heavy atom. The molecule has 0 spiro atoms. The molecule has 1 aromatic heterocycles. The van der Waals surface area contributed by atoms with E-state index in [4.69, 9.17) is 4.52 Å². The van der Waals surface area contributed by atoms with E-state index in [0.29, 0.717) is 35.7 Å². The SMILES string of the molecule is CNC(=O)c1cccc(N2C(=O)CC[C@H]2C(O)Nc2cc(C(C)(C)C)on2)c1. The second kappa shape index (κ2) is 7.63. The molecule has 3 N–H and O–H groups in total. The van der Waals surface area contributed by atoms with Crippen LogP contribution in [0.3, 0.4) is 0 Å². The number of aliphatic hydroxyl groups excluding tert-OH is 1. The van der Waals surface area contributed by atoms with Crippen molar-refractivity contribution >= 4 is 23.3 Å². The van der Waals surface area contributed by atoms with E-state index in [2.05, 4.69) is 15.8 Å². The van der Waals surface area contributed by atoms with Crippen LogP contribution in [0.1, 0.15) is 49.7 Å². The molecular formula is C20H26N4O4. The Labute approximate surface area is 163 Å². The number of rotatable bonds is 5. The molecule has 0 aliphatic carbocycles. The molecule has 0 saturated carbocycles. The molecule has 1 fully saturated rings. The minimum Gasteiger partial charge on any atom is -0.372 e. The molecule has 2 aromatic rings. The first-order chi connectivity index (χ1) is 13.2. The van der Waals surface area contributed by atoms with E-state index in [9.17, 15) is 14.7 Å². The maximum atomic E-state index is 12.5. The highest BCUT2D eigenvalue weighted by atomic mass is 16.5. The zero-order valence-electron chi connectivity index (χ0n) is 16.5. The normalized spacial score (nSPS) is 18.2. The molecule has 0 bridgehead atoms. The van der Waals surface area contributed by atoms with Crippen LogP contribution in [0.15, 0.2) is 34.9 Å². The van der Waals surface area contributed by atoms with Crippen molar-refractivity contribution in [3.05, 3.63) is 41.7 Å². The van der Waals surface area contributed by atoms with E-state index < -0.39 is 12.3 Å². The Morgan fingerprint density at radius 2 is 2.11 bits per heavy atom. The number of aliphatic hydroxyl groups is 1. The minimum atomic E-state index is -1.03. The summed E-state index contributed by atoms with van der Waals surface area (Å²) in [5.74, 6) is 0.770. The van der Waals surface area contributed by atoms with Gasteiger partial charge in [0.15, 0.2) is 5.82 Å². The lowest BCUT2D eigenvalue weighted by molar-refractivity contribution is -0.117. The number of anilines is 2. The second-order valence-electron chi connectivity index (χ2n) is 7.91. The Kier molecular flexibility index (Phi) is 5.42. The summed E-state index contributed by atoms with van der Waals surface area (Å²) in [5.41, 5.74) is 0.824. The first kappa shape index (κ1) is 19.9. The summed E-state index contributed by atoms with van der Waals surface area (Å²) in [6.07, 6.45) is -0.228. The van der Waals surface area contributed by atoms with Gasteiger partial charge in [0.25, 0.3) is 5.91 Å². The zero-order chi connectivity index (χ0) is 20.5. The molecule has 150 valence electrons. The van der Waals surface area contributed by atoms with Crippen molar-refractivity contribution in [2.45, 2.75) is 51.3 Å². The number of nitrogens with zero attached hydrogens (tertiary/aromatic N) is 2. The highest BCUT2D eigenvalue weighted by Crippen LogP contribution is 2.30. The summed E-state index contributed by atoms with van der Waals surface area (Å²) in [5, 5.41) is 20.2. The average Bonchev–Trinajstić information content (AvgIpc) is 3.27. The van der Waals surface area contributed by atoms with E-state index in [0.717, 1.165) is 0 Å². The lowest BCUT2D eigenvalue weighted by atomic mass is 9.93. The zero-order valence-corrected chi connectivity index (χ0v) is 16.5. The van der Waals surface area contributed by atoms with Crippen LogP contribution in [0.2, 0.25) is 0 Å². The number of amides is 2. The van der Waals surface area contributed by atoms with E-state index in [1.165, 1.54) is 4.90 Å². The Balaban J connectivity index is 1.80. The van der Waals surface area contributed by atoms with Gasteiger partial charge in [-0.3, -0.25) is 9.59 Å². The van der Waals surface area contributed by atoms with Gasteiger partial charge in [-0.25, -0.2) is 0 Å². The summed E-state index contributed by atoms with van der Waals surface area (Å²) in [4.78, 5) is 25.9. The molecule has 2 heterocycles. The number of carbonyl (C=O) groups excluding carboxylic acids is 2. The van der Waals surface area contributed by atoms with Crippen LogP contribution in [0.4, 0.5) is 11.5 Å². The van der Waals surface area contributed by atoms with Gasteiger partial charge in [-0.1, -0.05) is 32.0 Å². The largest absolute Gasteiger partial charge is 0.372 e. The number of aromatic nitrogens is 1. The van der Waals surface area contributed by atoms with Gasteiger partial charge in [0, 0.05) is 36.2 Å². The van der Waals surface area contributed by atoms with Crippen LogP contribution >= 0.6 is 0 Å². The predicted octanol–water partition coefficient (Wildman–Crippen LogP) is 2.26. The molecule has 3 rings (SSSR count). The fourth-order valence-electron chi connectivity index (χ4n) is 3.23. The number of benzene rings is 1. The molecule has 8 nitrogen and oxygen atoms in total. The molecule has 2 amide bonds. The maximum Gasteiger partial charge on any atom is 0.251 e. The monoisotopic (exact) mass is 386 g/mol. The van der Waals surface area contributed by atoms with Crippen molar-refractivity contribution in [1.82, 2.24) is 10.5 Å². The molecular weight excluding hydrogens is 360 g/mol. The van der Waals surface area contributed by atoms with Gasteiger partial charge in [-0.15, -0.1) is 0 Å². The van der Waals surface area contributed by atoms with E-state index in [1.807, 2.05) is 20.8 Å².